The summed E-state index contributed by atoms with van der Waals surface area (Å²) >= 11 is 0. The van der Waals surface area contributed by atoms with E-state index in [0.29, 0.717) is 34.0 Å². The zero-order valence-corrected chi connectivity index (χ0v) is 18.4. The number of ether oxygens (including phenoxy) is 2. The molecule has 0 spiro atoms. The fraction of sp³-hybridized carbons (Fsp3) is 0.125. The summed E-state index contributed by atoms with van der Waals surface area (Å²) in [5.41, 5.74) is 2.86. The van der Waals surface area contributed by atoms with Crippen LogP contribution >= 0.6 is 0 Å². The van der Waals surface area contributed by atoms with E-state index in [1.807, 2.05) is 24.3 Å². The van der Waals surface area contributed by atoms with Crippen LogP contribution in [0.4, 0.5) is 15.0 Å². The highest BCUT2D eigenvalue weighted by atomic mass is 19.1. The highest BCUT2D eigenvalue weighted by Crippen LogP contribution is 2.34. The molecule has 0 radical (unpaired) electrons. The largest absolute Gasteiger partial charge is 0.497 e. The first kappa shape index (κ1) is 20.8. The van der Waals surface area contributed by atoms with Gasteiger partial charge in [0.1, 0.15) is 36.4 Å². The van der Waals surface area contributed by atoms with Crippen molar-refractivity contribution in [3.8, 4) is 28.3 Å². The van der Waals surface area contributed by atoms with Gasteiger partial charge in [-0.15, -0.1) is 0 Å². The topological polar surface area (TPSA) is 111 Å². The van der Waals surface area contributed by atoms with Crippen molar-refractivity contribution in [2.24, 2.45) is 0 Å². The van der Waals surface area contributed by atoms with Gasteiger partial charge in [-0.25, -0.2) is 23.7 Å². The molecule has 3 aromatic heterocycles. The third-order valence-corrected chi connectivity index (χ3v) is 5.93. The molecule has 6 rings (SSSR count). The third kappa shape index (κ3) is 3.53. The second-order valence-corrected chi connectivity index (χ2v) is 7.88. The standard InChI is InChI=1S/C24H18FN7O3/c1-34-16-5-2-14(3-6-16)20-12-35-24(33)32(20)21-8-9-31-23(29-21)18(11-28-31)15-4-7-17(19(25)10-15)22-26-13-27-30-22/h2-11,13,20H,12H2,1H3,(H,26,27,30). The normalized spacial score (nSPS) is 15.5. The van der Waals surface area contributed by atoms with Gasteiger partial charge in [0.25, 0.3) is 0 Å². The molecule has 1 N–H and O–H groups in total. The van der Waals surface area contributed by atoms with Crippen LogP contribution in [0.2, 0.25) is 0 Å². The van der Waals surface area contributed by atoms with Crippen LogP contribution in [0, 0.1) is 5.82 Å². The van der Waals surface area contributed by atoms with Gasteiger partial charge in [-0.3, -0.25) is 10.00 Å². The minimum absolute atomic E-state index is 0.193. The van der Waals surface area contributed by atoms with Gasteiger partial charge in [0.15, 0.2) is 11.5 Å². The van der Waals surface area contributed by atoms with E-state index in [4.69, 9.17) is 14.5 Å². The number of benzene rings is 2. The predicted molar refractivity (Wildman–Crippen MR) is 123 cm³/mol. The smallest absolute Gasteiger partial charge is 0.416 e. The lowest BCUT2D eigenvalue weighted by Gasteiger charge is -2.21. The summed E-state index contributed by atoms with van der Waals surface area (Å²) in [6.45, 7) is 0.193. The molecule has 1 atom stereocenters. The average molecular weight is 471 g/mol. The van der Waals surface area contributed by atoms with Crippen molar-refractivity contribution in [3.63, 3.8) is 0 Å². The molecule has 1 aliphatic rings. The molecular weight excluding hydrogens is 453 g/mol. The molecule has 1 fully saturated rings. The molecule has 1 aliphatic heterocycles. The lowest BCUT2D eigenvalue weighted by Crippen LogP contribution is -2.28. The summed E-state index contributed by atoms with van der Waals surface area (Å²) in [5.74, 6) is 1.00. The van der Waals surface area contributed by atoms with E-state index in [2.05, 4.69) is 20.3 Å². The summed E-state index contributed by atoms with van der Waals surface area (Å²) in [5, 5.41) is 10.8. The second-order valence-electron chi connectivity index (χ2n) is 7.88. The van der Waals surface area contributed by atoms with Crippen LogP contribution in [0.15, 0.2) is 67.3 Å². The zero-order valence-electron chi connectivity index (χ0n) is 18.4. The minimum Gasteiger partial charge on any atom is -0.497 e. The number of aromatic nitrogens is 6. The maximum atomic E-state index is 14.9. The van der Waals surface area contributed by atoms with E-state index in [0.717, 1.165) is 11.3 Å². The molecule has 0 bridgehead atoms. The lowest BCUT2D eigenvalue weighted by molar-refractivity contribution is 0.179. The Bertz CT molecular complexity index is 1530. The Labute approximate surface area is 198 Å². The monoisotopic (exact) mass is 471 g/mol. The Balaban J connectivity index is 1.38. The number of nitrogens with zero attached hydrogens (tertiary/aromatic N) is 6. The predicted octanol–water partition coefficient (Wildman–Crippen LogP) is 4.03. The number of halogens is 1. The van der Waals surface area contributed by atoms with Crippen molar-refractivity contribution in [1.29, 1.82) is 0 Å². The van der Waals surface area contributed by atoms with E-state index in [9.17, 15) is 9.18 Å². The van der Waals surface area contributed by atoms with Crippen molar-refractivity contribution in [1.82, 2.24) is 29.8 Å². The zero-order chi connectivity index (χ0) is 23.9. The number of carbonyl (C=O) groups excluding carboxylic acids is 1. The van der Waals surface area contributed by atoms with Gasteiger partial charge in [-0.2, -0.15) is 10.2 Å². The summed E-state index contributed by atoms with van der Waals surface area (Å²) in [6, 6.07) is 13.6. The average Bonchev–Trinajstić information content (AvgIpc) is 3.64. The maximum Gasteiger partial charge on any atom is 0.416 e. The Kier molecular flexibility index (Phi) is 4.87. The number of anilines is 1. The molecule has 4 heterocycles. The van der Waals surface area contributed by atoms with Gasteiger partial charge < -0.3 is 9.47 Å². The SMILES string of the molecule is COc1ccc(C2COC(=O)N2c2ccn3ncc(-c4ccc(-c5ncn[nH]5)c(F)c4)c3n2)cc1. The lowest BCUT2D eigenvalue weighted by atomic mass is 10.1. The number of hydrogen-bond donors (Lipinski definition) is 1. The van der Waals surface area contributed by atoms with Crippen LogP contribution < -0.4 is 9.64 Å². The molecule has 11 heteroatoms. The van der Waals surface area contributed by atoms with Crippen LogP contribution in [0.1, 0.15) is 11.6 Å². The number of rotatable bonds is 5. The number of carbonyl (C=O) groups is 1. The Hall–Kier alpha value is -4.80. The number of hydrogen-bond acceptors (Lipinski definition) is 7. The van der Waals surface area contributed by atoms with E-state index in [1.165, 1.54) is 17.3 Å². The first-order valence-corrected chi connectivity index (χ1v) is 10.7. The second kappa shape index (κ2) is 8.20. The van der Waals surface area contributed by atoms with Crippen LogP contribution in [0.5, 0.6) is 5.75 Å². The molecule has 2 aromatic carbocycles. The maximum absolute atomic E-state index is 14.9. The number of H-pyrrole nitrogens is 1. The molecule has 0 saturated carbocycles. The van der Waals surface area contributed by atoms with Gasteiger partial charge in [0, 0.05) is 11.8 Å². The van der Waals surface area contributed by atoms with Crippen molar-refractivity contribution in [2.45, 2.75) is 6.04 Å². The van der Waals surface area contributed by atoms with E-state index < -0.39 is 11.9 Å². The summed E-state index contributed by atoms with van der Waals surface area (Å²) in [6.07, 6.45) is 4.14. The van der Waals surface area contributed by atoms with Gasteiger partial charge in [-0.1, -0.05) is 18.2 Å². The van der Waals surface area contributed by atoms with Crippen LogP contribution in [0.25, 0.3) is 28.2 Å². The number of nitrogens with one attached hydrogen (secondary N) is 1. The molecule has 1 amide bonds. The van der Waals surface area contributed by atoms with Gasteiger partial charge in [-0.05, 0) is 41.5 Å². The molecule has 1 saturated heterocycles. The fourth-order valence-corrected chi connectivity index (χ4v) is 4.15. The molecule has 0 aliphatic carbocycles. The number of fused-ring (bicyclic) bond motifs is 1. The Morgan fingerprint density at radius 2 is 2.00 bits per heavy atom. The fourth-order valence-electron chi connectivity index (χ4n) is 4.15. The number of amides is 1. The summed E-state index contributed by atoms with van der Waals surface area (Å²) in [7, 11) is 1.60. The summed E-state index contributed by atoms with van der Waals surface area (Å²) in [4.78, 5) is 22.9. The van der Waals surface area contributed by atoms with Crippen molar-refractivity contribution >= 4 is 17.6 Å². The summed E-state index contributed by atoms with van der Waals surface area (Å²) < 4.78 is 27.0. The highest BCUT2D eigenvalue weighted by molar-refractivity contribution is 5.90. The van der Waals surface area contributed by atoms with E-state index in [-0.39, 0.29) is 12.6 Å². The van der Waals surface area contributed by atoms with Crippen molar-refractivity contribution in [3.05, 3.63) is 78.6 Å². The Morgan fingerprint density at radius 1 is 1.14 bits per heavy atom. The molecule has 5 aromatic rings. The van der Waals surface area contributed by atoms with Crippen LogP contribution in [0.3, 0.4) is 0 Å². The first-order valence-electron chi connectivity index (χ1n) is 10.7. The highest BCUT2D eigenvalue weighted by Gasteiger charge is 2.36. The molecule has 174 valence electrons. The number of cyclic esters (lactones) is 1. The van der Waals surface area contributed by atoms with E-state index >= 15 is 0 Å². The quantitative estimate of drug-likeness (QED) is 0.412. The van der Waals surface area contributed by atoms with Crippen LogP contribution in [-0.4, -0.2) is 49.6 Å². The van der Waals surface area contributed by atoms with Gasteiger partial charge >= 0.3 is 6.09 Å². The van der Waals surface area contributed by atoms with Crippen molar-refractivity contribution in [2.75, 3.05) is 18.6 Å². The van der Waals surface area contributed by atoms with Gasteiger partial charge in [0.2, 0.25) is 0 Å². The number of methoxy groups -OCH3 is 1. The van der Waals surface area contributed by atoms with E-state index in [1.54, 1.807) is 42.2 Å². The third-order valence-electron chi connectivity index (χ3n) is 5.93. The minimum atomic E-state index is -0.494. The first-order chi connectivity index (χ1) is 17.1. The molecule has 35 heavy (non-hydrogen) atoms. The van der Waals surface area contributed by atoms with Crippen molar-refractivity contribution < 1.29 is 18.7 Å². The molecule has 1 unspecified atom stereocenters. The molecule has 10 nitrogen and oxygen atoms in total. The Morgan fingerprint density at radius 3 is 2.74 bits per heavy atom. The van der Waals surface area contributed by atoms with Gasteiger partial charge in [0.05, 0.1) is 18.9 Å². The molecular formula is C24H18FN7O3. The van der Waals surface area contributed by atoms with Crippen LogP contribution in [-0.2, 0) is 4.74 Å². The number of aromatic amines is 1.